The van der Waals surface area contributed by atoms with Gasteiger partial charge in [-0.3, -0.25) is 0 Å². The molecule has 0 saturated carbocycles. The highest BCUT2D eigenvalue weighted by molar-refractivity contribution is 9.10. The smallest absolute Gasteiger partial charge is 0.124 e. The van der Waals surface area contributed by atoms with Gasteiger partial charge in [0.05, 0.1) is 17.6 Å². The maximum absolute atomic E-state index is 12.9. The molecule has 1 N–H and O–H groups in total. The van der Waals surface area contributed by atoms with Crippen LogP contribution in [-0.2, 0) is 6.42 Å². The lowest BCUT2D eigenvalue weighted by Crippen LogP contribution is -1.96. The molecule has 0 spiro atoms. The van der Waals surface area contributed by atoms with Crippen molar-refractivity contribution in [2.45, 2.75) is 6.42 Å². The average Bonchev–Trinajstić information content (AvgIpc) is 2.67. The number of rotatable bonds is 3. The second-order valence-corrected chi connectivity index (χ2v) is 4.08. The first kappa shape index (κ1) is 11.2. The van der Waals surface area contributed by atoms with Crippen molar-refractivity contribution in [1.29, 1.82) is 0 Å². The number of nitrogens with zero attached hydrogens (tertiary/aromatic N) is 3. The van der Waals surface area contributed by atoms with Crippen LogP contribution in [0, 0.1) is 5.82 Å². The number of aliphatic hydroxyl groups is 1. The first-order valence-corrected chi connectivity index (χ1v) is 5.47. The summed E-state index contributed by atoms with van der Waals surface area (Å²) < 4.78 is 15.0. The molecule has 2 rings (SSSR count). The summed E-state index contributed by atoms with van der Waals surface area (Å²) in [4.78, 5) is 0. The molecule has 0 unspecified atom stereocenters. The van der Waals surface area contributed by atoms with E-state index in [1.807, 2.05) is 0 Å². The van der Waals surface area contributed by atoms with Crippen molar-refractivity contribution in [2.75, 3.05) is 6.61 Å². The Morgan fingerprint density at radius 2 is 2.25 bits per heavy atom. The second kappa shape index (κ2) is 4.71. The molecule has 2 aromatic rings. The van der Waals surface area contributed by atoms with E-state index in [-0.39, 0.29) is 12.4 Å². The minimum Gasteiger partial charge on any atom is -0.396 e. The molecule has 0 amide bonds. The third-order valence-electron chi connectivity index (χ3n) is 2.07. The van der Waals surface area contributed by atoms with Crippen LogP contribution in [0.4, 0.5) is 4.39 Å². The standard InChI is InChI=1S/C10H9BrFN3O/c11-9-5-7(12)1-2-10(9)15-6-8(3-4-16)13-14-15/h1-2,5-6,16H,3-4H2. The Balaban J connectivity index is 2.35. The van der Waals surface area contributed by atoms with Gasteiger partial charge in [0.25, 0.3) is 0 Å². The highest BCUT2D eigenvalue weighted by atomic mass is 79.9. The van der Waals surface area contributed by atoms with E-state index in [1.54, 1.807) is 12.3 Å². The topological polar surface area (TPSA) is 50.9 Å². The summed E-state index contributed by atoms with van der Waals surface area (Å²) in [6.45, 7) is 0.0310. The van der Waals surface area contributed by atoms with Gasteiger partial charge in [0.1, 0.15) is 5.82 Å². The zero-order valence-electron chi connectivity index (χ0n) is 8.27. The second-order valence-electron chi connectivity index (χ2n) is 3.22. The highest BCUT2D eigenvalue weighted by Gasteiger charge is 2.06. The van der Waals surface area contributed by atoms with Gasteiger partial charge in [0.2, 0.25) is 0 Å². The molecule has 84 valence electrons. The van der Waals surface area contributed by atoms with Crippen molar-refractivity contribution in [2.24, 2.45) is 0 Å². The van der Waals surface area contributed by atoms with Crippen LogP contribution in [0.15, 0.2) is 28.9 Å². The Morgan fingerprint density at radius 1 is 1.44 bits per heavy atom. The fourth-order valence-corrected chi connectivity index (χ4v) is 1.84. The Hall–Kier alpha value is -1.27. The summed E-state index contributed by atoms with van der Waals surface area (Å²) >= 11 is 3.25. The summed E-state index contributed by atoms with van der Waals surface area (Å²) in [5.41, 5.74) is 1.40. The predicted octanol–water partition coefficient (Wildman–Crippen LogP) is 1.70. The predicted molar refractivity (Wildman–Crippen MR) is 59.8 cm³/mol. The average molecular weight is 286 g/mol. The largest absolute Gasteiger partial charge is 0.396 e. The SMILES string of the molecule is OCCc1cn(-c2ccc(F)cc2Br)nn1. The molecular formula is C10H9BrFN3O. The number of hydrogen-bond donors (Lipinski definition) is 1. The minimum absolute atomic E-state index is 0.0310. The number of benzene rings is 1. The van der Waals surface area contributed by atoms with Gasteiger partial charge in [0, 0.05) is 17.5 Å². The van der Waals surface area contributed by atoms with E-state index in [0.29, 0.717) is 22.3 Å². The molecule has 0 fully saturated rings. The molecule has 0 aliphatic rings. The summed E-state index contributed by atoms with van der Waals surface area (Å²) in [7, 11) is 0. The summed E-state index contributed by atoms with van der Waals surface area (Å²) in [5.74, 6) is -0.314. The number of hydrogen-bond acceptors (Lipinski definition) is 3. The molecular weight excluding hydrogens is 277 g/mol. The molecule has 6 heteroatoms. The Labute approximate surface area is 99.8 Å². The lowest BCUT2D eigenvalue weighted by Gasteiger charge is -2.02. The van der Waals surface area contributed by atoms with E-state index >= 15 is 0 Å². The van der Waals surface area contributed by atoms with E-state index in [9.17, 15) is 4.39 Å². The molecule has 4 nitrogen and oxygen atoms in total. The fraction of sp³-hybridized carbons (Fsp3) is 0.200. The quantitative estimate of drug-likeness (QED) is 0.934. The van der Waals surface area contributed by atoms with Crippen molar-refractivity contribution >= 4 is 15.9 Å². The molecule has 1 heterocycles. The molecule has 1 aromatic carbocycles. The van der Waals surface area contributed by atoms with E-state index in [0.717, 1.165) is 0 Å². The van der Waals surface area contributed by atoms with Gasteiger partial charge in [-0.15, -0.1) is 5.10 Å². The van der Waals surface area contributed by atoms with Gasteiger partial charge in [0.15, 0.2) is 0 Å². The number of halogens is 2. The van der Waals surface area contributed by atoms with Crippen LogP contribution < -0.4 is 0 Å². The summed E-state index contributed by atoms with van der Waals surface area (Å²) in [5, 5.41) is 16.5. The Kier molecular flexibility index (Phi) is 3.31. The maximum atomic E-state index is 12.9. The van der Waals surface area contributed by atoms with Gasteiger partial charge in [-0.1, -0.05) is 5.21 Å². The van der Waals surface area contributed by atoms with Gasteiger partial charge in [-0.2, -0.15) is 0 Å². The van der Waals surface area contributed by atoms with E-state index in [1.165, 1.54) is 16.8 Å². The van der Waals surface area contributed by atoms with Crippen molar-refractivity contribution in [1.82, 2.24) is 15.0 Å². The van der Waals surface area contributed by atoms with E-state index < -0.39 is 0 Å². The molecule has 1 aromatic heterocycles. The van der Waals surface area contributed by atoms with E-state index in [2.05, 4.69) is 26.2 Å². The van der Waals surface area contributed by atoms with Crippen molar-refractivity contribution in [3.8, 4) is 5.69 Å². The van der Waals surface area contributed by atoms with Crippen LogP contribution in [0.2, 0.25) is 0 Å². The summed E-state index contributed by atoms with van der Waals surface area (Å²) in [6, 6.07) is 4.33. The van der Waals surface area contributed by atoms with Crippen LogP contribution >= 0.6 is 15.9 Å². The van der Waals surface area contributed by atoms with Crippen molar-refractivity contribution < 1.29 is 9.50 Å². The number of aromatic nitrogens is 3. The van der Waals surface area contributed by atoms with Crippen LogP contribution in [-0.4, -0.2) is 26.7 Å². The highest BCUT2D eigenvalue weighted by Crippen LogP contribution is 2.21. The van der Waals surface area contributed by atoms with E-state index in [4.69, 9.17) is 5.11 Å². The van der Waals surface area contributed by atoms with Crippen LogP contribution in [0.25, 0.3) is 5.69 Å². The van der Waals surface area contributed by atoms with Gasteiger partial charge < -0.3 is 5.11 Å². The first-order valence-electron chi connectivity index (χ1n) is 4.68. The maximum Gasteiger partial charge on any atom is 0.124 e. The molecule has 0 radical (unpaired) electrons. The lowest BCUT2D eigenvalue weighted by atomic mass is 10.3. The fourth-order valence-electron chi connectivity index (χ4n) is 1.31. The van der Waals surface area contributed by atoms with Crippen LogP contribution in [0.3, 0.4) is 0 Å². The zero-order valence-corrected chi connectivity index (χ0v) is 9.85. The van der Waals surface area contributed by atoms with Crippen molar-refractivity contribution in [3.63, 3.8) is 0 Å². The van der Waals surface area contributed by atoms with Crippen LogP contribution in [0.1, 0.15) is 5.69 Å². The van der Waals surface area contributed by atoms with Crippen LogP contribution in [0.5, 0.6) is 0 Å². The summed E-state index contributed by atoms with van der Waals surface area (Å²) in [6.07, 6.45) is 2.16. The first-order chi connectivity index (χ1) is 7.70. The minimum atomic E-state index is -0.314. The van der Waals surface area contributed by atoms with Gasteiger partial charge in [-0.25, -0.2) is 9.07 Å². The lowest BCUT2D eigenvalue weighted by molar-refractivity contribution is 0.298. The molecule has 16 heavy (non-hydrogen) atoms. The van der Waals surface area contributed by atoms with Gasteiger partial charge in [-0.05, 0) is 34.1 Å². The molecule has 0 bridgehead atoms. The third-order valence-corrected chi connectivity index (χ3v) is 2.70. The normalized spacial score (nSPS) is 10.7. The molecule has 0 aliphatic carbocycles. The monoisotopic (exact) mass is 285 g/mol. The third kappa shape index (κ3) is 2.28. The Bertz CT molecular complexity index is 501. The molecule has 0 saturated heterocycles. The van der Waals surface area contributed by atoms with Crippen molar-refractivity contribution in [3.05, 3.63) is 40.4 Å². The zero-order chi connectivity index (χ0) is 11.5. The molecule has 0 aliphatic heterocycles. The van der Waals surface area contributed by atoms with Gasteiger partial charge >= 0.3 is 0 Å². The Morgan fingerprint density at radius 3 is 2.94 bits per heavy atom. The number of aliphatic hydroxyl groups excluding tert-OH is 1. The molecule has 0 atom stereocenters.